The van der Waals surface area contributed by atoms with E-state index in [-0.39, 0.29) is 17.6 Å². The number of nitrogens with two attached hydrogens (primary N) is 1. The zero-order chi connectivity index (χ0) is 16.6. The van der Waals surface area contributed by atoms with Crippen LogP contribution in [0.4, 0.5) is 30.5 Å². The van der Waals surface area contributed by atoms with Crippen LogP contribution in [0.1, 0.15) is 35.6 Å². The molecule has 1 aliphatic carbocycles. The number of benzene rings is 1. The van der Waals surface area contributed by atoms with Crippen LogP contribution < -0.4 is 11.1 Å². The van der Waals surface area contributed by atoms with Crippen molar-refractivity contribution < 1.29 is 13.2 Å². The Morgan fingerprint density at radius 3 is 2.65 bits per heavy atom. The lowest BCUT2D eigenvalue weighted by Crippen LogP contribution is -2.13. The van der Waals surface area contributed by atoms with Crippen molar-refractivity contribution in [2.24, 2.45) is 0 Å². The van der Waals surface area contributed by atoms with Crippen LogP contribution in [0.3, 0.4) is 0 Å². The fourth-order valence-corrected chi connectivity index (χ4v) is 2.32. The summed E-state index contributed by atoms with van der Waals surface area (Å²) in [4.78, 5) is 7.80. The van der Waals surface area contributed by atoms with Crippen LogP contribution in [-0.4, -0.2) is 16.2 Å². The van der Waals surface area contributed by atoms with Gasteiger partial charge in [-0.05, 0) is 25.0 Å². The molecule has 8 heteroatoms. The molecule has 0 aliphatic heterocycles. The molecule has 0 amide bonds. The summed E-state index contributed by atoms with van der Waals surface area (Å²) in [6, 6.07) is 4.97. The van der Waals surface area contributed by atoms with E-state index in [1.165, 1.54) is 0 Å². The molecule has 0 atom stereocenters. The maximum absolute atomic E-state index is 13.0. The first kappa shape index (κ1) is 15.3. The van der Waals surface area contributed by atoms with Crippen LogP contribution in [0.5, 0.6) is 0 Å². The van der Waals surface area contributed by atoms with Crippen LogP contribution in [0.15, 0.2) is 24.4 Å². The van der Waals surface area contributed by atoms with Gasteiger partial charge < -0.3 is 16.5 Å². The van der Waals surface area contributed by atoms with Gasteiger partial charge in [-0.3, -0.25) is 0 Å². The third-order valence-electron chi connectivity index (χ3n) is 3.62. The Balaban J connectivity index is 1.97. The summed E-state index contributed by atoms with van der Waals surface area (Å²) < 4.78 is 39.1. The van der Waals surface area contributed by atoms with Crippen molar-refractivity contribution in [1.82, 2.24) is 9.97 Å². The Hall–Kier alpha value is -2.64. The molecule has 120 valence electrons. The molecular weight excluding hydrogens is 307 g/mol. The molecule has 0 saturated heterocycles. The molecule has 23 heavy (non-hydrogen) atoms. The monoisotopic (exact) mass is 321 g/mol. The highest BCUT2D eigenvalue weighted by Gasteiger charge is 2.40. The molecule has 3 rings (SSSR count). The van der Waals surface area contributed by atoms with E-state index < -0.39 is 11.7 Å². The van der Waals surface area contributed by atoms with Gasteiger partial charge in [-0.2, -0.15) is 13.2 Å². The third-order valence-corrected chi connectivity index (χ3v) is 3.62. The smallest absolute Gasteiger partial charge is 0.398 e. The average Bonchev–Trinajstić information content (AvgIpc) is 3.31. The number of nitrogens with zero attached hydrogens (tertiary/aromatic N) is 2. The van der Waals surface area contributed by atoms with E-state index in [4.69, 9.17) is 11.1 Å². The number of aromatic nitrogens is 2. The van der Waals surface area contributed by atoms with E-state index in [9.17, 15) is 13.2 Å². The Morgan fingerprint density at radius 2 is 2.04 bits per heavy atom. The standard InChI is InChI=1S/C15H14F3N5/c16-15(17,18)10-7-21-14(23-13(10)8-4-5-8)22-12-3-1-2-11(20)9(12)6-19/h1-3,6-8,19H,4-5,20H2,(H,21,22,23). The summed E-state index contributed by atoms with van der Waals surface area (Å²) in [5, 5.41) is 10.2. The van der Waals surface area contributed by atoms with Crippen LogP contribution in [0.2, 0.25) is 0 Å². The molecule has 0 unspecified atom stereocenters. The Kier molecular flexibility index (Phi) is 3.67. The van der Waals surface area contributed by atoms with Crippen molar-refractivity contribution in [3.63, 3.8) is 0 Å². The van der Waals surface area contributed by atoms with Gasteiger partial charge in [0.05, 0.1) is 16.9 Å². The van der Waals surface area contributed by atoms with Gasteiger partial charge >= 0.3 is 6.18 Å². The molecule has 1 aromatic heterocycles. The van der Waals surface area contributed by atoms with Gasteiger partial charge in [-0.25, -0.2) is 9.97 Å². The molecule has 1 fully saturated rings. The highest BCUT2D eigenvalue weighted by Crippen LogP contribution is 2.45. The fraction of sp³-hybridized carbons (Fsp3) is 0.267. The molecule has 5 nitrogen and oxygen atoms in total. The highest BCUT2D eigenvalue weighted by atomic mass is 19.4. The summed E-state index contributed by atoms with van der Waals surface area (Å²) >= 11 is 0. The van der Waals surface area contributed by atoms with Gasteiger partial charge in [0, 0.05) is 29.6 Å². The summed E-state index contributed by atoms with van der Waals surface area (Å²) in [5.41, 5.74) is 6.31. The topological polar surface area (TPSA) is 87.7 Å². The molecule has 0 radical (unpaired) electrons. The molecule has 1 aromatic carbocycles. The van der Waals surface area contributed by atoms with Crippen molar-refractivity contribution in [3.05, 3.63) is 41.2 Å². The molecule has 0 spiro atoms. The molecule has 1 aliphatic rings. The number of halogens is 3. The SMILES string of the molecule is N=Cc1c(N)cccc1Nc1ncc(C(F)(F)F)c(C2CC2)n1. The van der Waals surface area contributed by atoms with Gasteiger partial charge in [0.1, 0.15) is 0 Å². The Morgan fingerprint density at radius 1 is 1.30 bits per heavy atom. The lowest BCUT2D eigenvalue weighted by Gasteiger charge is -2.14. The Labute approximate surface area is 130 Å². The van der Waals surface area contributed by atoms with E-state index in [1.54, 1.807) is 18.2 Å². The van der Waals surface area contributed by atoms with E-state index in [0.29, 0.717) is 29.8 Å². The first-order valence-corrected chi connectivity index (χ1v) is 7.00. The van der Waals surface area contributed by atoms with E-state index in [1.807, 2.05) is 0 Å². The molecule has 2 aromatic rings. The average molecular weight is 321 g/mol. The minimum absolute atomic E-state index is 0.0234. The predicted octanol–water partition coefficient (Wildman–Crippen LogP) is 3.70. The van der Waals surface area contributed by atoms with Gasteiger partial charge in [0.2, 0.25) is 5.95 Å². The van der Waals surface area contributed by atoms with E-state index in [0.717, 1.165) is 12.4 Å². The number of nitrogens with one attached hydrogen (secondary N) is 2. The lowest BCUT2D eigenvalue weighted by atomic mass is 10.1. The lowest BCUT2D eigenvalue weighted by molar-refractivity contribution is -0.138. The van der Waals surface area contributed by atoms with Gasteiger partial charge in [0.25, 0.3) is 0 Å². The highest BCUT2D eigenvalue weighted by molar-refractivity contribution is 5.93. The zero-order valence-electron chi connectivity index (χ0n) is 12.0. The second kappa shape index (κ2) is 5.53. The van der Waals surface area contributed by atoms with Crippen molar-refractivity contribution in [2.75, 3.05) is 11.1 Å². The molecule has 4 N–H and O–H groups in total. The van der Waals surface area contributed by atoms with Crippen molar-refractivity contribution in [3.8, 4) is 0 Å². The van der Waals surface area contributed by atoms with Crippen molar-refractivity contribution in [1.29, 1.82) is 5.41 Å². The van der Waals surface area contributed by atoms with Crippen LogP contribution in [-0.2, 0) is 6.18 Å². The first-order chi connectivity index (χ1) is 10.9. The van der Waals surface area contributed by atoms with E-state index >= 15 is 0 Å². The largest absolute Gasteiger partial charge is 0.419 e. The first-order valence-electron chi connectivity index (χ1n) is 7.00. The summed E-state index contributed by atoms with van der Waals surface area (Å²) in [6.45, 7) is 0. The minimum Gasteiger partial charge on any atom is -0.398 e. The second-order valence-electron chi connectivity index (χ2n) is 5.34. The van der Waals surface area contributed by atoms with Gasteiger partial charge in [-0.1, -0.05) is 6.07 Å². The number of alkyl halides is 3. The van der Waals surface area contributed by atoms with Gasteiger partial charge in [0.15, 0.2) is 0 Å². The molecule has 1 saturated carbocycles. The number of anilines is 3. The maximum atomic E-state index is 13.0. The van der Waals surface area contributed by atoms with Crippen LogP contribution in [0.25, 0.3) is 0 Å². The minimum atomic E-state index is -4.46. The zero-order valence-corrected chi connectivity index (χ0v) is 12.0. The summed E-state index contributed by atoms with van der Waals surface area (Å²) in [5.74, 6) is -0.105. The number of nitrogen functional groups attached to an aromatic ring is 1. The van der Waals surface area contributed by atoms with Crippen LogP contribution >= 0.6 is 0 Å². The normalized spacial score (nSPS) is 14.6. The van der Waals surface area contributed by atoms with Crippen LogP contribution in [0, 0.1) is 5.41 Å². The number of hydrogen-bond donors (Lipinski definition) is 3. The fourth-order valence-electron chi connectivity index (χ4n) is 2.32. The van der Waals surface area contributed by atoms with Gasteiger partial charge in [-0.15, -0.1) is 0 Å². The maximum Gasteiger partial charge on any atom is 0.419 e. The number of rotatable bonds is 4. The predicted molar refractivity (Wildman–Crippen MR) is 81.0 cm³/mol. The Bertz CT molecular complexity index is 753. The van der Waals surface area contributed by atoms with Crippen molar-refractivity contribution in [2.45, 2.75) is 24.9 Å². The molecule has 1 heterocycles. The molecule has 0 bridgehead atoms. The third kappa shape index (κ3) is 3.10. The second-order valence-corrected chi connectivity index (χ2v) is 5.34. The van der Waals surface area contributed by atoms with Crippen molar-refractivity contribution >= 4 is 23.5 Å². The molecular formula is C15H14F3N5. The summed E-state index contributed by atoms with van der Waals surface area (Å²) in [6.07, 6.45) is -1.19. The summed E-state index contributed by atoms with van der Waals surface area (Å²) in [7, 11) is 0. The number of hydrogen-bond acceptors (Lipinski definition) is 5. The van der Waals surface area contributed by atoms with E-state index in [2.05, 4.69) is 15.3 Å². The quantitative estimate of drug-likeness (QED) is 0.592.